The highest BCUT2D eigenvalue weighted by molar-refractivity contribution is 5.98. The summed E-state index contributed by atoms with van der Waals surface area (Å²) in [5.74, 6) is 1.03. The molecular formula is C42H47N3O6. The molecular weight excluding hydrogens is 642 g/mol. The first-order valence-corrected chi connectivity index (χ1v) is 17.7. The number of hydrogen-bond donors (Lipinski definition) is 3. The van der Waals surface area contributed by atoms with Crippen molar-refractivity contribution in [2.45, 2.75) is 91.3 Å². The van der Waals surface area contributed by atoms with Crippen molar-refractivity contribution >= 4 is 29.3 Å². The molecule has 266 valence electrons. The van der Waals surface area contributed by atoms with Gasteiger partial charge in [-0.2, -0.15) is 0 Å². The van der Waals surface area contributed by atoms with Crippen LogP contribution < -0.4 is 25.4 Å². The number of unbranched alkanes of at least 4 members (excludes halogenated alkanes) is 2. The molecule has 0 saturated heterocycles. The predicted octanol–water partition coefficient (Wildman–Crippen LogP) is 9.28. The van der Waals surface area contributed by atoms with Crippen molar-refractivity contribution < 1.29 is 28.6 Å². The number of carbonyl (C=O) groups is 3. The van der Waals surface area contributed by atoms with Gasteiger partial charge in [0, 0.05) is 64.1 Å². The third-order valence-corrected chi connectivity index (χ3v) is 9.41. The van der Waals surface area contributed by atoms with E-state index < -0.39 is 17.0 Å². The molecule has 3 N–H and O–H groups in total. The summed E-state index contributed by atoms with van der Waals surface area (Å²) >= 11 is 0. The van der Waals surface area contributed by atoms with Gasteiger partial charge in [-0.1, -0.05) is 57.9 Å². The number of carbonyl (C=O) groups excluding carboxylic acids is 3. The van der Waals surface area contributed by atoms with Crippen LogP contribution in [0.15, 0.2) is 72.8 Å². The minimum Gasteiger partial charge on any atom is -0.491 e. The zero-order valence-corrected chi connectivity index (χ0v) is 30.5. The molecule has 1 unspecified atom stereocenters. The van der Waals surface area contributed by atoms with E-state index in [0.717, 1.165) is 41.7 Å². The zero-order valence-electron chi connectivity index (χ0n) is 30.5. The number of nitrogens with one attached hydrogen (secondary N) is 3. The van der Waals surface area contributed by atoms with E-state index in [0.29, 0.717) is 51.7 Å². The lowest BCUT2D eigenvalue weighted by atomic mass is 9.77. The summed E-state index contributed by atoms with van der Waals surface area (Å²) in [7, 11) is 0. The van der Waals surface area contributed by atoms with Crippen molar-refractivity contribution in [3.8, 4) is 17.2 Å². The quantitative estimate of drug-likeness (QED) is 0.107. The average Bonchev–Trinajstić information content (AvgIpc) is 3.34. The molecule has 51 heavy (non-hydrogen) atoms. The number of ether oxygens (including phenoxy) is 3. The van der Waals surface area contributed by atoms with Crippen LogP contribution in [0.1, 0.15) is 104 Å². The van der Waals surface area contributed by atoms with Gasteiger partial charge in [0.2, 0.25) is 5.91 Å². The Morgan fingerprint density at radius 2 is 1.53 bits per heavy atom. The van der Waals surface area contributed by atoms with Crippen LogP contribution in [0.2, 0.25) is 0 Å². The van der Waals surface area contributed by atoms with Gasteiger partial charge in [0.05, 0.1) is 11.7 Å². The lowest BCUT2D eigenvalue weighted by Gasteiger charge is -2.37. The maximum atomic E-state index is 13.7. The molecule has 0 bridgehead atoms. The molecule has 0 radical (unpaired) electrons. The topological polar surface area (TPSA) is 115 Å². The van der Waals surface area contributed by atoms with Gasteiger partial charge in [0.25, 0.3) is 0 Å². The molecule has 2 aliphatic rings. The number of urea groups is 1. The zero-order chi connectivity index (χ0) is 36.5. The van der Waals surface area contributed by atoms with Gasteiger partial charge in [0.15, 0.2) is 5.60 Å². The Morgan fingerprint density at radius 3 is 2.20 bits per heavy atom. The van der Waals surface area contributed by atoms with E-state index in [-0.39, 0.29) is 24.5 Å². The number of benzene rings is 4. The maximum Gasteiger partial charge on any atom is 0.340 e. The highest BCUT2D eigenvalue weighted by atomic mass is 16.6. The number of anilines is 2. The van der Waals surface area contributed by atoms with E-state index >= 15 is 0 Å². The Morgan fingerprint density at radius 1 is 0.863 bits per heavy atom. The van der Waals surface area contributed by atoms with Gasteiger partial charge in [-0.25, -0.2) is 9.59 Å². The summed E-state index contributed by atoms with van der Waals surface area (Å²) < 4.78 is 19.0. The number of rotatable bonds is 11. The number of esters is 1. The van der Waals surface area contributed by atoms with Crippen molar-refractivity contribution in [3.63, 3.8) is 0 Å². The molecule has 9 nitrogen and oxygen atoms in total. The van der Waals surface area contributed by atoms with E-state index in [4.69, 9.17) is 14.2 Å². The highest BCUT2D eigenvalue weighted by Crippen LogP contribution is 2.56. The second kappa shape index (κ2) is 14.1. The first-order valence-electron chi connectivity index (χ1n) is 17.7. The molecule has 6 rings (SSSR count). The lowest BCUT2D eigenvalue weighted by Crippen LogP contribution is -2.33. The largest absolute Gasteiger partial charge is 0.491 e. The van der Waals surface area contributed by atoms with Crippen LogP contribution in [0, 0.1) is 13.8 Å². The Hall–Kier alpha value is -5.31. The third kappa shape index (κ3) is 7.02. The van der Waals surface area contributed by atoms with E-state index in [1.807, 2.05) is 57.2 Å². The molecule has 4 aromatic rings. The molecule has 0 aliphatic carbocycles. The standard InChI is InChI=1S/C42H47N3O6/c1-8-9-12-19-43-40(48)45-29-16-18-33-35(23-29)50-34-22-28(15-17-32(34)42(33)31-14-11-10-13-30(31)39(47)51-42)44-37(46)24-41(6,7)38-27(5)20-26(4)21-36(38)49-25(2)3/h10-11,13-18,20-23,25H,8-9,12,19,24H2,1-7H3,(H,44,46)(H2,43,45,48). The van der Waals surface area contributed by atoms with Crippen LogP contribution in [0.25, 0.3) is 0 Å². The van der Waals surface area contributed by atoms with Gasteiger partial charge in [-0.15, -0.1) is 0 Å². The average molecular weight is 690 g/mol. The first-order chi connectivity index (χ1) is 24.3. The molecule has 1 atom stereocenters. The molecule has 1 spiro atoms. The molecule has 4 aromatic carbocycles. The Balaban J connectivity index is 1.31. The first kappa shape index (κ1) is 35.5. The van der Waals surface area contributed by atoms with Crippen LogP contribution in [-0.4, -0.2) is 30.6 Å². The van der Waals surface area contributed by atoms with Crippen molar-refractivity contribution in [2.24, 2.45) is 0 Å². The van der Waals surface area contributed by atoms with E-state index in [1.54, 1.807) is 30.3 Å². The second-order valence-corrected chi connectivity index (χ2v) is 14.5. The van der Waals surface area contributed by atoms with E-state index in [1.165, 1.54) is 0 Å². The van der Waals surface area contributed by atoms with Crippen LogP contribution in [0.3, 0.4) is 0 Å². The van der Waals surface area contributed by atoms with Crippen LogP contribution in [0.5, 0.6) is 17.2 Å². The molecule has 0 fully saturated rings. The summed E-state index contributed by atoms with van der Waals surface area (Å²) in [5.41, 5.74) is 4.85. The Kier molecular flexibility index (Phi) is 9.84. The Labute approximate surface area is 300 Å². The Bertz CT molecular complexity index is 2000. The van der Waals surface area contributed by atoms with Gasteiger partial charge >= 0.3 is 12.0 Å². The summed E-state index contributed by atoms with van der Waals surface area (Å²) in [6, 6.07) is 21.9. The minimum absolute atomic E-state index is 0.0100. The molecule has 2 aliphatic heterocycles. The smallest absolute Gasteiger partial charge is 0.340 e. The van der Waals surface area contributed by atoms with Crippen LogP contribution in [-0.2, 0) is 20.5 Å². The predicted molar refractivity (Wildman–Crippen MR) is 199 cm³/mol. The van der Waals surface area contributed by atoms with Crippen LogP contribution in [0.4, 0.5) is 16.2 Å². The minimum atomic E-state index is -1.28. The normalized spacial score (nSPS) is 15.7. The fraction of sp³-hybridized carbons (Fsp3) is 0.357. The van der Waals surface area contributed by atoms with E-state index in [9.17, 15) is 14.4 Å². The maximum absolute atomic E-state index is 13.7. The molecule has 3 amide bonds. The summed E-state index contributed by atoms with van der Waals surface area (Å²) in [5, 5.41) is 8.85. The molecule has 9 heteroatoms. The second-order valence-electron chi connectivity index (χ2n) is 14.5. The van der Waals surface area contributed by atoms with Gasteiger partial charge in [0.1, 0.15) is 17.2 Å². The van der Waals surface area contributed by atoms with Gasteiger partial charge in [-0.05, 0) is 81.6 Å². The molecule has 0 aromatic heterocycles. The summed E-state index contributed by atoms with van der Waals surface area (Å²) in [4.78, 5) is 39.7. The number of amides is 3. The fourth-order valence-corrected chi connectivity index (χ4v) is 7.42. The van der Waals surface area contributed by atoms with Gasteiger partial charge < -0.3 is 30.2 Å². The third-order valence-electron chi connectivity index (χ3n) is 9.41. The monoisotopic (exact) mass is 689 g/mol. The van der Waals surface area contributed by atoms with Gasteiger partial charge in [-0.3, -0.25) is 4.79 Å². The summed E-state index contributed by atoms with van der Waals surface area (Å²) in [6.07, 6.45) is 3.19. The summed E-state index contributed by atoms with van der Waals surface area (Å²) in [6.45, 7) is 14.9. The SMILES string of the molecule is CCCCCNC(=O)Nc1ccc2c(c1)Oc1cc(NC(=O)CC(C)(C)c3c(C)cc(C)cc3OC(C)C)ccc1C21OC(=O)c2ccccc21. The van der Waals surface area contributed by atoms with Crippen molar-refractivity contribution in [3.05, 3.63) is 112 Å². The fourth-order valence-electron chi connectivity index (χ4n) is 7.42. The number of aryl methyl sites for hydroxylation is 2. The van der Waals surface area contributed by atoms with E-state index in [2.05, 4.69) is 49.7 Å². The molecule has 2 heterocycles. The number of hydrogen-bond acceptors (Lipinski definition) is 6. The van der Waals surface area contributed by atoms with Crippen LogP contribution >= 0.6 is 0 Å². The van der Waals surface area contributed by atoms with Crippen molar-refractivity contribution in [1.82, 2.24) is 5.32 Å². The molecule has 0 saturated carbocycles. The van der Waals surface area contributed by atoms with Crippen molar-refractivity contribution in [2.75, 3.05) is 17.2 Å². The lowest BCUT2D eigenvalue weighted by molar-refractivity contribution is -0.117. The number of fused-ring (bicyclic) bond motifs is 6. The van der Waals surface area contributed by atoms with Crippen molar-refractivity contribution in [1.29, 1.82) is 0 Å². The highest BCUT2D eigenvalue weighted by Gasteiger charge is 2.53.